The highest BCUT2D eigenvalue weighted by molar-refractivity contribution is 6.30. The molecule has 40 heavy (non-hydrogen) atoms. The zero-order valence-electron chi connectivity index (χ0n) is 21.3. The Kier molecular flexibility index (Phi) is 8.99. The van der Waals surface area contributed by atoms with Crippen LogP contribution in [0.2, 0.25) is 5.02 Å². The minimum absolute atomic E-state index is 0. The number of benzene rings is 1. The Hall–Kier alpha value is -2.86. The molecule has 5 rings (SSSR count). The summed E-state index contributed by atoms with van der Waals surface area (Å²) >= 11 is 6.14. The normalized spacial score (nSPS) is 23.6. The zero-order chi connectivity index (χ0) is 27.8. The number of nitrogen functional groups attached to an aromatic ring is 1. The Morgan fingerprint density at radius 3 is 2.67 bits per heavy atom. The molecule has 2 aromatic rings. The highest BCUT2D eigenvalue weighted by Gasteiger charge is 2.45. The molecule has 13 heteroatoms. The fourth-order valence-electron chi connectivity index (χ4n) is 5.49. The number of anilines is 1. The first-order valence-corrected chi connectivity index (χ1v) is 13.0. The Bertz CT molecular complexity index is 1340. The number of alkyl halides is 3. The van der Waals surface area contributed by atoms with Crippen molar-refractivity contribution >= 4 is 47.1 Å². The quantitative estimate of drug-likeness (QED) is 0.391. The molecule has 1 aromatic carbocycles. The van der Waals surface area contributed by atoms with Gasteiger partial charge in [-0.25, -0.2) is 4.98 Å². The van der Waals surface area contributed by atoms with E-state index in [1.165, 1.54) is 24.3 Å². The van der Waals surface area contributed by atoms with Gasteiger partial charge >= 0.3 is 12.1 Å². The molecule has 0 amide bonds. The van der Waals surface area contributed by atoms with Gasteiger partial charge in [0, 0.05) is 23.2 Å². The molecule has 1 aromatic heterocycles. The minimum Gasteiger partial charge on any atom is -0.480 e. The molecule has 4 N–H and O–H groups in total. The number of aromatic nitrogens is 2. The second kappa shape index (κ2) is 11.9. The number of rotatable bonds is 6. The van der Waals surface area contributed by atoms with Crippen molar-refractivity contribution in [2.24, 2.45) is 5.41 Å². The van der Waals surface area contributed by atoms with Crippen molar-refractivity contribution < 1.29 is 32.5 Å². The molecule has 1 saturated heterocycles. The summed E-state index contributed by atoms with van der Waals surface area (Å²) in [4.78, 5) is 19.5. The highest BCUT2D eigenvalue weighted by atomic mass is 35.5. The second-order valence-electron chi connectivity index (χ2n) is 10.2. The molecule has 0 saturated carbocycles. The van der Waals surface area contributed by atoms with E-state index in [1.807, 2.05) is 12.2 Å². The number of hydrogen-bond donors (Lipinski definition) is 3. The lowest BCUT2D eigenvalue weighted by molar-refractivity contribution is -0.198. The molecule has 0 bridgehead atoms. The van der Waals surface area contributed by atoms with Gasteiger partial charge in [0.15, 0.2) is 0 Å². The van der Waals surface area contributed by atoms with Crippen molar-refractivity contribution in [2.75, 3.05) is 25.5 Å². The van der Waals surface area contributed by atoms with Gasteiger partial charge in [-0.3, -0.25) is 4.79 Å². The van der Waals surface area contributed by atoms with Gasteiger partial charge in [0.2, 0.25) is 17.9 Å². The highest BCUT2D eigenvalue weighted by Crippen LogP contribution is 2.45. The largest absolute Gasteiger partial charge is 0.480 e. The lowest BCUT2D eigenvalue weighted by Gasteiger charge is -2.32. The maximum atomic E-state index is 14.4. The predicted octanol–water partition coefficient (Wildman–Crippen LogP) is 5.62. The molecule has 8 nitrogen and oxygen atoms in total. The van der Waals surface area contributed by atoms with E-state index < -0.39 is 24.3 Å². The number of allylic oxidation sites excluding steroid dienone is 2. The van der Waals surface area contributed by atoms with Crippen molar-refractivity contribution in [3.63, 3.8) is 0 Å². The number of nitrogens with one attached hydrogen (secondary N) is 1. The number of hydrogen-bond acceptors (Lipinski definition) is 7. The summed E-state index contributed by atoms with van der Waals surface area (Å²) in [6.45, 7) is 1.25. The third kappa shape index (κ3) is 6.54. The third-order valence-electron chi connectivity index (χ3n) is 7.50. The van der Waals surface area contributed by atoms with Gasteiger partial charge in [-0.2, -0.15) is 18.2 Å². The summed E-state index contributed by atoms with van der Waals surface area (Å²) in [5.74, 6) is -1.38. The van der Waals surface area contributed by atoms with Crippen molar-refractivity contribution in [1.29, 1.82) is 0 Å². The summed E-state index contributed by atoms with van der Waals surface area (Å²) in [5, 5.41) is 12.7. The fraction of sp³-hybridized carbons (Fsp3) is 0.444. The summed E-state index contributed by atoms with van der Waals surface area (Å²) in [6.07, 6.45) is -0.313. The molecule has 1 aliphatic carbocycles. The van der Waals surface area contributed by atoms with Crippen molar-refractivity contribution in [3.05, 3.63) is 58.3 Å². The van der Waals surface area contributed by atoms with Gasteiger partial charge in [-0.1, -0.05) is 29.8 Å². The van der Waals surface area contributed by atoms with Gasteiger partial charge in [0.05, 0.1) is 18.9 Å². The molecule has 216 valence electrons. The maximum absolute atomic E-state index is 14.4. The maximum Gasteiger partial charge on any atom is 0.429 e. The SMILES string of the molecule is Cl.Nc1nc(OC(c2ccc(Cl)cc2C2=CCCOC2)C(F)(F)F)cc(C2=CC[C@]3(CC2)CN[C@@H](C(=O)O)C3)n1. The van der Waals surface area contributed by atoms with Crippen LogP contribution in [0.5, 0.6) is 5.88 Å². The van der Waals surface area contributed by atoms with Crippen LogP contribution in [-0.2, 0) is 9.53 Å². The van der Waals surface area contributed by atoms with Crippen LogP contribution in [0.15, 0.2) is 36.4 Å². The standard InChI is InChI=1S/C27H28ClF3N4O4.ClH/c28-17-3-4-18(19(10-17)16-2-1-9-38-13-16)23(27(29,30)31)39-22-11-20(34-25(32)35-22)15-5-7-26(8-6-15)12-21(24(36)37)33-14-26;/h2-5,10-11,21,23,33H,1,6-9,12-14H2,(H,36,37)(H2,32,34,35);1H/t21-,23?,26-;/m1./s1. The van der Waals surface area contributed by atoms with E-state index in [1.54, 1.807) is 0 Å². The number of halogens is 5. The number of carbonyl (C=O) groups is 1. The number of nitrogens with zero attached hydrogens (tertiary/aromatic N) is 2. The fourth-order valence-corrected chi connectivity index (χ4v) is 5.66. The van der Waals surface area contributed by atoms with Crippen molar-refractivity contribution in [1.82, 2.24) is 15.3 Å². The van der Waals surface area contributed by atoms with Crippen LogP contribution in [0.25, 0.3) is 11.1 Å². The van der Waals surface area contributed by atoms with Gasteiger partial charge in [0.25, 0.3) is 0 Å². The topological polar surface area (TPSA) is 120 Å². The van der Waals surface area contributed by atoms with Crippen LogP contribution in [0, 0.1) is 5.41 Å². The van der Waals surface area contributed by atoms with Gasteiger partial charge in [-0.05, 0) is 66.4 Å². The molecular formula is C27H29Cl2F3N4O4. The Morgan fingerprint density at radius 1 is 1.25 bits per heavy atom. The van der Waals surface area contributed by atoms with E-state index in [0.29, 0.717) is 67.1 Å². The van der Waals surface area contributed by atoms with Crippen molar-refractivity contribution in [3.8, 4) is 5.88 Å². The first-order valence-electron chi connectivity index (χ1n) is 12.6. The summed E-state index contributed by atoms with van der Waals surface area (Å²) < 4.78 is 54.2. The van der Waals surface area contributed by atoms with Gasteiger partial charge in [0.1, 0.15) is 6.04 Å². The monoisotopic (exact) mass is 600 g/mol. The molecule has 2 aliphatic heterocycles. The van der Waals surface area contributed by atoms with Crippen LogP contribution in [0.4, 0.5) is 19.1 Å². The number of ether oxygens (including phenoxy) is 2. The number of aliphatic carboxylic acids is 1. The molecular weight excluding hydrogens is 572 g/mol. The van der Waals surface area contributed by atoms with Gasteiger partial charge < -0.3 is 25.6 Å². The van der Waals surface area contributed by atoms with E-state index in [4.69, 9.17) is 26.8 Å². The third-order valence-corrected chi connectivity index (χ3v) is 7.74. The predicted molar refractivity (Wildman–Crippen MR) is 146 cm³/mol. The van der Waals surface area contributed by atoms with Gasteiger partial charge in [-0.15, -0.1) is 12.4 Å². The van der Waals surface area contributed by atoms with Crippen LogP contribution >= 0.6 is 24.0 Å². The van der Waals surface area contributed by atoms with Crippen molar-refractivity contribution in [2.45, 2.75) is 50.4 Å². The lowest BCUT2D eigenvalue weighted by atomic mass is 9.73. The molecule has 1 spiro atoms. The minimum atomic E-state index is -4.77. The number of nitrogens with two attached hydrogens (primary N) is 1. The molecule has 3 heterocycles. The lowest BCUT2D eigenvalue weighted by Crippen LogP contribution is -2.30. The summed E-state index contributed by atoms with van der Waals surface area (Å²) in [7, 11) is 0. The molecule has 3 atom stereocenters. The van der Waals surface area contributed by atoms with E-state index in [-0.39, 0.29) is 41.8 Å². The number of carboxylic acids is 1. The molecule has 1 fully saturated rings. The average Bonchev–Trinajstić information content (AvgIpc) is 3.31. The van der Waals surface area contributed by atoms with E-state index >= 15 is 0 Å². The Morgan fingerprint density at radius 2 is 2.05 bits per heavy atom. The Balaban J connectivity index is 0.00000370. The summed E-state index contributed by atoms with van der Waals surface area (Å²) in [6, 6.07) is 4.96. The number of carboxylic acid groups (broad SMARTS) is 1. The first-order chi connectivity index (χ1) is 18.5. The van der Waals surface area contributed by atoms with E-state index in [2.05, 4.69) is 15.3 Å². The van der Waals surface area contributed by atoms with Crippen LogP contribution in [-0.4, -0.2) is 53.0 Å². The molecule has 0 radical (unpaired) electrons. The molecule has 1 unspecified atom stereocenters. The second-order valence-corrected chi connectivity index (χ2v) is 10.6. The smallest absolute Gasteiger partial charge is 0.429 e. The van der Waals surface area contributed by atoms with Crippen LogP contribution < -0.4 is 15.8 Å². The molecule has 3 aliphatic rings. The average molecular weight is 601 g/mol. The van der Waals surface area contributed by atoms with E-state index in [9.17, 15) is 23.1 Å². The van der Waals surface area contributed by atoms with Crippen LogP contribution in [0.3, 0.4) is 0 Å². The summed E-state index contributed by atoms with van der Waals surface area (Å²) in [5.41, 5.74) is 7.71. The Labute approximate surface area is 240 Å². The zero-order valence-corrected chi connectivity index (χ0v) is 22.9. The van der Waals surface area contributed by atoms with E-state index in [0.717, 1.165) is 5.57 Å². The van der Waals surface area contributed by atoms with Crippen LogP contribution in [0.1, 0.15) is 55.0 Å². The first kappa shape index (κ1) is 30.1.